The fourth-order valence-electron chi connectivity index (χ4n) is 1.66. The van der Waals surface area contributed by atoms with E-state index in [4.69, 9.17) is 4.42 Å². The van der Waals surface area contributed by atoms with Crippen LogP contribution in [0.15, 0.2) is 4.42 Å². The van der Waals surface area contributed by atoms with Crippen LogP contribution in [0.1, 0.15) is 44.2 Å². The summed E-state index contributed by atoms with van der Waals surface area (Å²) in [4.78, 5) is 0.884. The zero-order chi connectivity index (χ0) is 12.5. The normalized spacial score (nSPS) is 15.5. The summed E-state index contributed by atoms with van der Waals surface area (Å²) in [6, 6.07) is 0.636. The molecule has 1 fully saturated rings. The first-order valence-corrected chi connectivity index (χ1v) is 6.89. The largest absolute Gasteiger partial charge is 0.418 e. The molecule has 0 spiro atoms. The maximum atomic E-state index is 5.64. The summed E-state index contributed by atoms with van der Waals surface area (Å²) >= 11 is 1.30. The zero-order valence-electron chi connectivity index (χ0n) is 10.4. The van der Waals surface area contributed by atoms with E-state index in [1.807, 2.05) is 0 Å². The average molecular weight is 265 g/mol. The van der Waals surface area contributed by atoms with Crippen LogP contribution in [-0.4, -0.2) is 25.8 Å². The number of nitrogens with zero attached hydrogens (tertiary/aromatic N) is 4. The summed E-state index contributed by atoms with van der Waals surface area (Å²) in [5, 5.41) is 15.6. The monoisotopic (exact) mass is 265 g/mol. The standard InChI is InChI=1S/C11H15N5OS/c1-6(2)9-10(18-16-14-9)11-15-13-8(17-11)5-12-7-3-4-7/h6-7,12H,3-5H2,1-2H3. The van der Waals surface area contributed by atoms with Gasteiger partial charge in [0.15, 0.2) is 0 Å². The third-order valence-electron chi connectivity index (χ3n) is 2.84. The molecule has 2 aromatic rings. The molecule has 0 aromatic carbocycles. The molecule has 18 heavy (non-hydrogen) atoms. The molecule has 0 atom stereocenters. The van der Waals surface area contributed by atoms with E-state index in [-0.39, 0.29) is 0 Å². The van der Waals surface area contributed by atoms with E-state index in [1.54, 1.807) is 0 Å². The molecule has 6 nitrogen and oxygen atoms in total. The van der Waals surface area contributed by atoms with Crippen LogP contribution in [0.4, 0.5) is 0 Å². The Hall–Kier alpha value is -1.34. The van der Waals surface area contributed by atoms with Gasteiger partial charge in [0.1, 0.15) is 4.88 Å². The molecule has 0 unspecified atom stereocenters. The molecule has 2 heterocycles. The van der Waals surface area contributed by atoms with E-state index in [0.29, 0.717) is 30.3 Å². The van der Waals surface area contributed by atoms with Crippen molar-refractivity contribution in [3.63, 3.8) is 0 Å². The fraction of sp³-hybridized carbons (Fsp3) is 0.636. The predicted octanol–water partition coefficient (Wildman–Crippen LogP) is 1.96. The molecule has 0 aliphatic heterocycles. The van der Waals surface area contributed by atoms with Gasteiger partial charge < -0.3 is 9.73 Å². The first kappa shape index (κ1) is 11.7. The maximum Gasteiger partial charge on any atom is 0.261 e. The molecule has 0 bridgehead atoms. The van der Waals surface area contributed by atoms with Gasteiger partial charge in [-0.1, -0.05) is 18.3 Å². The third-order valence-corrected chi connectivity index (χ3v) is 3.57. The molecule has 0 amide bonds. The van der Waals surface area contributed by atoms with E-state index in [9.17, 15) is 0 Å². The van der Waals surface area contributed by atoms with Crippen LogP contribution < -0.4 is 5.32 Å². The number of rotatable bonds is 5. The minimum absolute atomic E-state index is 0.304. The van der Waals surface area contributed by atoms with Crippen molar-refractivity contribution in [2.75, 3.05) is 0 Å². The highest BCUT2D eigenvalue weighted by Gasteiger charge is 2.22. The Bertz CT molecular complexity index is 531. The lowest BCUT2D eigenvalue weighted by Crippen LogP contribution is -2.15. The Morgan fingerprint density at radius 3 is 2.89 bits per heavy atom. The van der Waals surface area contributed by atoms with E-state index in [1.165, 1.54) is 24.4 Å². The minimum Gasteiger partial charge on any atom is -0.418 e. The summed E-state index contributed by atoms with van der Waals surface area (Å²) in [6.07, 6.45) is 2.49. The van der Waals surface area contributed by atoms with Gasteiger partial charge in [0.2, 0.25) is 5.89 Å². The summed E-state index contributed by atoms with van der Waals surface area (Å²) in [6.45, 7) is 4.79. The van der Waals surface area contributed by atoms with Gasteiger partial charge in [-0.05, 0) is 30.3 Å². The molecule has 2 aromatic heterocycles. The van der Waals surface area contributed by atoms with Crippen molar-refractivity contribution in [1.29, 1.82) is 0 Å². The van der Waals surface area contributed by atoms with Crippen LogP contribution in [0.2, 0.25) is 0 Å². The molecule has 0 radical (unpaired) electrons. The number of nitrogens with one attached hydrogen (secondary N) is 1. The molecule has 3 rings (SSSR count). The third kappa shape index (κ3) is 2.41. The number of hydrogen-bond acceptors (Lipinski definition) is 7. The first-order valence-electron chi connectivity index (χ1n) is 6.12. The highest BCUT2D eigenvalue weighted by Crippen LogP contribution is 2.29. The molecule has 0 saturated heterocycles. The molecule has 1 aliphatic rings. The summed E-state index contributed by atoms with van der Waals surface area (Å²) < 4.78 is 9.60. The average Bonchev–Trinajstić information content (AvgIpc) is 2.88. The Morgan fingerprint density at radius 2 is 2.17 bits per heavy atom. The van der Waals surface area contributed by atoms with Crippen molar-refractivity contribution in [1.82, 2.24) is 25.1 Å². The highest BCUT2D eigenvalue weighted by molar-refractivity contribution is 7.09. The lowest BCUT2D eigenvalue weighted by atomic mass is 10.1. The molecule has 96 valence electrons. The fourth-order valence-corrected chi connectivity index (χ4v) is 2.40. The van der Waals surface area contributed by atoms with Gasteiger partial charge in [0.05, 0.1) is 12.2 Å². The summed E-state index contributed by atoms with van der Waals surface area (Å²) in [7, 11) is 0. The highest BCUT2D eigenvalue weighted by atomic mass is 32.1. The van der Waals surface area contributed by atoms with E-state index < -0.39 is 0 Å². The van der Waals surface area contributed by atoms with Crippen LogP contribution in [0.5, 0.6) is 0 Å². The lowest BCUT2D eigenvalue weighted by Gasteiger charge is -1.99. The van der Waals surface area contributed by atoms with Gasteiger partial charge in [-0.25, -0.2) is 0 Å². The topological polar surface area (TPSA) is 76.7 Å². The van der Waals surface area contributed by atoms with Gasteiger partial charge in [-0.2, -0.15) is 0 Å². The van der Waals surface area contributed by atoms with Crippen LogP contribution in [0, 0.1) is 0 Å². The van der Waals surface area contributed by atoms with Crippen LogP contribution in [0.25, 0.3) is 10.8 Å². The summed E-state index contributed by atoms with van der Waals surface area (Å²) in [5.74, 6) is 1.46. The van der Waals surface area contributed by atoms with Crippen molar-refractivity contribution in [3.05, 3.63) is 11.6 Å². The second-order valence-corrected chi connectivity index (χ2v) is 5.55. The van der Waals surface area contributed by atoms with E-state index in [2.05, 4.69) is 38.9 Å². The number of hydrogen-bond donors (Lipinski definition) is 1. The van der Waals surface area contributed by atoms with Gasteiger partial charge in [-0.15, -0.1) is 15.3 Å². The second-order valence-electron chi connectivity index (χ2n) is 4.80. The lowest BCUT2D eigenvalue weighted by molar-refractivity contribution is 0.476. The van der Waals surface area contributed by atoms with Gasteiger partial charge >= 0.3 is 0 Å². The Labute approximate surface area is 109 Å². The van der Waals surface area contributed by atoms with Crippen molar-refractivity contribution in [3.8, 4) is 10.8 Å². The van der Waals surface area contributed by atoms with Crippen LogP contribution in [0.3, 0.4) is 0 Å². The van der Waals surface area contributed by atoms with Gasteiger partial charge in [0, 0.05) is 6.04 Å². The SMILES string of the molecule is CC(C)c1nnsc1-c1nnc(CNC2CC2)o1. The smallest absolute Gasteiger partial charge is 0.261 e. The Morgan fingerprint density at radius 1 is 1.33 bits per heavy atom. The molecule has 1 saturated carbocycles. The zero-order valence-corrected chi connectivity index (χ0v) is 11.2. The predicted molar refractivity (Wildman–Crippen MR) is 67.2 cm³/mol. The number of aromatic nitrogens is 4. The van der Waals surface area contributed by atoms with Gasteiger partial charge in [-0.3, -0.25) is 0 Å². The van der Waals surface area contributed by atoms with Crippen LogP contribution in [-0.2, 0) is 6.54 Å². The molecule has 1 N–H and O–H groups in total. The Kier molecular flexibility index (Phi) is 3.09. The molecule has 1 aliphatic carbocycles. The second kappa shape index (κ2) is 4.74. The molecular formula is C11H15N5OS. The first-order chi connectivity index (χ1) is 8.74. The molecule has 7 heteroatoms. The summed E-state index contributed by atoms with van der Waals surface area (Å²) in [5.41, 5.74) is 0.922. The van der Waals surface area contributed by atoms with Crippen molar-refractivity contribution >= 4 is 11.5 Å². The van der Waals surface area contributed by atoms with E-state index in [0.717, 1.165) is 10.6 Å². The van der Waals surface area contributed by atoms with Crippen LogP contribution >= 0.6 is 11.5 Å². The van der Waals surface area contributed by atoms with Crippen molar-refractivity contribution in [2.24, 2.45) is 0 Å². The van der Waals surface area contributed by atoms with E-state index >= 15 is 0 Å². The maximum absolute atomic E-state index is 5.64. The minimum atomic E-state index is 0.304. The van der Waals surface area contributed by atoms with Crippen molar-refractivity contribution < 1.29 is 4.42 Å². The van der Waals surface area contributed by atoms with Crippen molar-refractivity contribution in [2.45, 2.75) is 45.2 Å². The van der Waals surface area contributed by atoms with Gasteiger partial charge in [0.25, 0.3) is 5.89 Å². The molecular weight excluding hydrogens is 250 g/mol. The Balaban J connectivity index is 1.76. The quantitative estimate of drug-likeness (QED) is 0.890.